The molecule has 2 aromatic rings. The highest BCUT2D eigenvalue weighted by Gasteiger charge is 2.31. The van der Waals surface area contributed by atoms with Crippen molar-refractivity contribution in [1.29, 1.82) is 0 Å². The van der Waals surface area contributed by atoms with E-state index in [1.807, 2.05) is 30.3 Å². The van der Waals surface area contributed by atoms with E-state index in [1.165, 1.54) is 0 Å². The Hall–Kier alpha value is -2.10. The Balaban J connectivity index is 2.09. The molecule has 1 aliphatic heterocycles. The molecular weight excluding hydrogens is 242 g/mol. The van der Waals surface area contributed by atoms with Crippen LogP contribution in [0.4, 0.5) is 0 Å². The molecule has 1 aromatic heterocycles. The van der Waals surface area contributed by atoms with Crippen molar-refractivity contribution >= 4 is 0 Å². The third kappa shape index (κ3) is 2.26. The van der Waals surface area contributed by atoms with E-state index < -0.39 is 0 Å². The van der Waals surface area contributed by atoms with E-state index >= 15 is 0 Å². The average molecular weight is 257 g/mol. The molecule has 0 saturated heterocycles. The molecule has 0 aliphatic carbocycles. The van der Waals surface area contributed by atoms with Crippen LogP contribution in [0.15, 0.2) is 39.5 Å². The van der Waals surface area contributed by atoms with Gasteiger partial charge in [-0.05, 0) is 18.6 Å². The number of hydrogen-bond donors (Lipinski definition) is 0. The second-order valence-corrected chi connectivity index (χ2v) is 5.59. The summed E-state index contributed by atoms with van der Waals surface area (Å²) in [5.41, 5.74) is 0.904. The summed E-state index contributed by atoms with van der Waals surface area (Å²) in [4.78, 5) is 16.4. The fourth-order valence-electron chi connectivity index (χ4n) is 2.18. The van der Waals surface area contributed by atoms with E-state index in [0.29, 0.717) is 30.4 Å². The van der Waals surface area contributed by atoms with Crippen LogP contribution >= 0.6 is 0 Å². The van der Waals surface area contributed by atoms with Crippen LogP contribution in [-0.4, -0.2) is 11.6 Å². The van der Waals surface area contributed by atoms with Gasteiger partial charge in [-0.2, -0.15) is 4.98 Å². The minimum Gasteiger partial charge on any atom is -0.477 e. The van der Waals surface area contributed by atoms with Gasteiger partial charge >= 0.3 is 5.63 Å². The van der Waals surface area contributed by atoms with Gasteiger partial charge < -0.3 is 9.15 Å². The molecule has 19 heavy (non-hydrogen) atoms. The van der Waals surface area contributed by atoms with Gasteiger partial charge in [0, 0.05) is 11.0 Å². The highest BCUT2D eigenvalue weighted by molar-refractivity contribution is 5.53. The van der Waals surface area contributed by atoms with Gasteiger partial charge in [0.05, 0.1) is 6.61 Å². The largest absolute Gasteiger partial charge is 0.477 e. The maximum absolute atomic E-state index is 12.1. The van der Waals surface area contributed by atoms with E-state index in [0.717, 1.165) is 5.56 Å². The van der Waals surface area contributed by atoms with Gasteiger partial charge in [-0.15, -0.1) is 0 Å². The van der Waals surface area contributed by atoms with E-state index in [4.69, 9.17) is 9.15 Å². The van der Waals surface area contributed by atoms with E-state index in [2.05, 4.69) is 18.8 Å². The third-order valence-corrected chi connectivity index (χ3v) is 3.17. The zero-order valence-electron chi connectivity index (χ0n) is 11.0. The predicted molar refractivity (Wildman–Crippen MR) is 71.2 cm³/mol. The van der Waals surface area contributed by atoms with Crippen LogP contribution in [0.25, 0.3) is 11.5 Å². The highest BCUT2D eigenvalue weighted by Crippen LogP contribution is 2.32. The van der Waals surface area contributed by atoms with Crippen molar-refractivity contribution in [2.75, 3.05) is 6.61 Å². The second-order valence-electron chi connectivity index (χ2n) is 5.59. The van der Waals surface area contributed by atoms with Crippen molar-refractivity contribution in [1.82, 2.24) is 4.98 Å². The predicted octanol–water partition coefficient (Wildman–Crippen LogP) is 2.66. The van der Waals surface area contributed by atoms with Gasteiger partial charge in [0.15, 0.2) is 0 Å². The minimum atomic E-state index is -0.350. The first-order valence-electron chi connectivity index (χ1n) is 6.27. The molecular formula is C15H15NO3. The molecule has 4 heteroatoms. The summed E-state index contributed by atoms with van der Waals surface area (Å²) in [6.45, 7) is 4.67. The molecule has 0 amide bonds. The molecule has 1 aliphatic rings. The summed E-state index contributed by atoms with van der Waals surface area (Å²) in [5, 5.41) is 0. The average Bonchev–Trinajstić information content (AvgIpc) is 2.40. The molecule has 1 aromatic carbocycles. The Bertz CT molecular complexity index is 659. The summed E-state index contributed by atoms with van der Waals surface area (Å²) in [6, 6.07) is 9.36. The summed E-state index contributed by atoms with van der Waals surface area (Å²) in [7, 11) is 0. The van der Waals surface area contributed by atoms with Crippen LogP contribution in [0, 0.1) is 5.41 Å². The van der Waals surface area contributed by atoms with Gasteiger partial charge in [-0.3, -0.25) is 0 Å². The normalized spacial score (nSPS) is 16.5. The lowest BCUT2D eigenvalue weighted by Crippen LogP contribution is -2.32. The smallest absolute Gasteiger partial charge is 0.346 e. The van der Waals surface area contributed by atoms with Gasteiger partial charge in [0.2, 0.25) is 11.8 Å². The van der Waals surface area contributed by atoms with Crippen LogP contribution < -0.4 is 10.4 Å². The number of hydrogen-bond acceptors (Lipinski definition) is 4. The van der Waals surface area contributed by atoms with Crippen molar-refractivity contribution in [2.45, 2.75) is 20.3 Å². The van der Waals surface area contributed by atoms with Gasteiger partial charge in [-0.25, -0.2) is 4.79 Å². The second kappa shape index (κ2) is 4.23. The number of rotatable bonds is 1. The van der Waals surface area contributed by atoms with Crippen molar-refractivity contribution in [2.24, 2.45) is 5.41 Å². The van der Waals surface area contributed by atoms with Gasteiger partial charge in [0.25, 0.3) is 0 Å². The van der Waals surface area contributed by atoms with Crippen molar-refractivity contribution in [3.63, 3.8) is 0 Å². The van der Waals surface area contributed by atoms with Crippen LogP contribution in [0.1, 0.15) is 19.4 Å². The van der Waals surface area contributed by atoms with Crippen LogP contribution in [0.2, 0.25) is 0 Å². The van der Waals surface area contributed by atoms with Gasteiger partial charge in [0.1, 0.15) is 5.56 Å². The SMILES string of the molecule is CC1(C)COc2nc(-c3ccccc3)oc(=O)c2C1. The summed E-state index contributed by atoms with van der Waals surface area (Å²) < 4.78 is 10.9. The van der Waals surface area contributed by atoms with E-state index in [1.54, 1.807) is 0 Å². The molecule has 0 radical (unpaired) electrons. The van der Waals surface area contributed by atoms with E-state index in [9.17, 15) is 4.79 Å². The fourth-order valence-corrected chi connectivity index (χ4v) is 2.18. The molecule has 0 spiro atoms. The molecule has 0 atom stereocenters. The topological polar surface area (TPSA) is 52.3 Å². The quantitative estimate of drug-likeness (QED) is 0.788. The fraction of sp³-hybridized carbons (Fsp3) is 0.333. The Morgan fingerprint density at radius 2 is 1.95 bits per heavy atom. The lowest BCUT2D eigenvalue weighted by molar-refractivity contribution is 0.143. The van der Waals surface area contributed by atoms with Crippen molar-refractivity contribution < 1.29 is 9.15 Å². The standard InChI is InChI=1S/C15H15NO3/c1-15(2)8-11-13(18-9-15)16-12(19-14(11)17)10-6-4-3-5-7-10/h3-7H,8-9H2,1-2H3. The molecule has 98 valence electrons. The third-order valence-electron chi connectivity index (χ3n) is 3.17. The zero-order valence-corrected chi connectivity index (χ0v) is 11.0. The Labute approximate surface area is 111 Å². The molecule has 0 N–H and O–H groups in total. The van der Waals surface area contributed by atoms with Crippen LogP contribution in [0.3, 0.4) is 0 Å². The molecule has 0 bridgehead atoms. The van der Waals surface area contributed by atoms with Crippen molar-refractivity contribution in [3.8, 4) is 17.3 Å². The first-order chi connectivity index (χ1) is 9.05. The monoisotopic (exact) mass is 257 g/mol. The molecule has 0 unspecified atom stereocenters. The lowest BCUT2D eigenvalue weighted by atomic mass is 9.86. The number of nitrogens with zero attached hydrogens (tertiary/aromatic N) is 1. The summed E-state index contributed by atoms with van der Waals surface area (Å²) in [5.74, 6) is 0.721. The van der Waals surface area contributed by atoms with Crippen LogP contribution in [0.5, 0.6) is 5.88 Å². The Morgan fingerprint density at radius 1 is 1.21 bits per heavy atom. The first-order valence-corrected chi connectivity index (χ1v) is 6.27. The molecule has 0 saturated carbocycles. The van der Waals surface area contributed by atoms with E-state index in [-0.39, 0.29) is 11.0 Å². The Kier molecular flexibility index (Phi) is 2.66. The maximum atomic E-state index is 12.1. The van der Waals surface area contributed by atoms with Crippen LogP contribution in [-0.2, 0) is 6.42 Å². The van der Waals surface area contributed by atoms with Gasteiger partial charge in [-0.1, -0.05) is 32.0 Å². The first kappa shape index (κ1) is 12.0. The summed E-state index contributed by atoms with van der Waals surface area (Å²) >= 11 is 0. The number of aromatic nitrogens is 1. The highest BCUT2D eigenvalue weighted by atomic mass is 16.5. The number of fused-ring (bicyclic) bond motifs is 1. The molecule has 4 nitrogen and oxygen atoms in total. The lowest BCUT2D eigenvalue weighted by Gasteiger charge is -2.29. The molecule has 3 rings (SSSR count). The Morgan fingerprint density at radius 3 is 2.68 bits per heavy atom. The zero-order chi connectivity index (χ0) is 13.5. The molecule has 0 fully saturated rings. The maximum Gasteiger partial charge on any atom is 0.346 e. The summed E-state index contributed by atoms with van der Waals surface area (Å²) in [6.07, 6.45) is 0.632. The van der Waals surface area contributed by atoms with Crippen molar-refractivity contribution in [3.05, 3.63) is 46.3 Å². The number of ether oxygens (including phenoxy) is 1. The number of benzene rings is 1. The molecule has 2 heterocycles. The minimum absolute atomic E-state index is 0.0579.